The molecule has 5 nitrogen and oxygen atoms in total. The molecular formula is C12H15NO4. The summed E-state index contributed by atoms with van der Waals surface area (Å²) in [6, 6.07) is 3.32. The molecule has 0 bridgehead atoms. The molecule has 17 heavy (non-hydrogen) atoms. The molecule has 1 saturated heterocycles. The zero-order chi connectivity index (χ0) is 12.3. The monoisotopic (exact) mass is 237 g/mol. The molecule has 1 aromatic heterocycles. The van der Waals surface area contributed by atoms with Gasteiger partial charge in [-0.15, -0.1) is 0 Å². The summed E-state index contributed by atoms with van der Waals surface area (Å²) in [5.74, 6) is 0.0807. The van der Waals surface area contributed by atoms with Crippen LogP contribution >= 0.6 is 0 Å². The van der Waals surface area contributed by atoms with Crippen molar-refractivity contribution in [2.24, 2.45) is 0 Å². The van der Waals surface area contributed by atoms with Crippen molar-refractivity contribution < 1.29 is 19.0 Å². The molecule has 1 unspecified atom stereocenters. The summed E-state index contributed by atoms with van der Waals surface area (Å²) in [6.07, 6.45) is 2.14. The van der Waals surface area contributed by atoms with Gasteiger partial charge in [0.25, 0.3) is 0 Å². The van der Waals surface area contributed by atoms with Gasteiger partial charge >= 0.3 is 0 Å². The Morgan fingerprint density at radius 1 is 1.59 bits per heavy atom. The predicted octanol–water partition coefficient (Wildman–Crippen LogP) is 1.42. The number of hydrogen-bond acceptors (Lipinski definition) is 5. The van der Waals surface area contributed by atoms with Crippen molar-refractivity contribution >= 4 is 6.29 Å². The van der Waals surface area contributed by atoms with Gasteiger partial charge in [0.05, 0.1) is 12.8 Å². The summed E-state index contributed by atoms with van der Waals surface area (Å²) in [7, 11) is 0. The van der Waals surface area contributed by atoms with Crippen LogP contribution in [0.25, 0.3) is 0 Å². The smallest absolute Gasteiger partial charge is 0.168 e. The van der Waals surface area contributed by atoms with Gasteiger partial charge in [0, 0.05) is 0 Å². The van der Waals surface area contributed by atoms with Gasteiger partial charge in [-0.25, -0.2) is 4.98 Å². The van der Waals surface area contributed by atoms with Crippen LogP contribution in [0.5, 0.6) is 5.75 Å². The van der Waals surface area contributed by atoms with E-state index in [9.17, 15) is 4.79 Å². The Morgan fingerprint density at radius 2 is 2.41 bits per heavy atom. The number of nitrogens with zero attached hydrogens (tertiary/aromatic N) is 1. The molecule has 2 heterocycles. The Morgan fingerprint density at radius 3 is 2.94 bits per heavy atom. The molecule has 0 spiro atoms. The van der Waals surface area contributed by atoms with Crippen molar-refractivity contribution in [1.82, 2.24) is 4.98 Å². The SMILES string of the molecule is CC1(C)OCC(COc2ccc(C=O)nc2)O1. The molecule has 0 amide bonds. The Balaban J connectivity index is 1.84. The minimum absolute atomic E-state index is 0.0734. The van der Waals surface area contributed by atoms with E-state index in [-0.39, 0.29) is 6.10 Å². The highest BCUT2D eigenvalue weighted by molar-refractivity contribution is 5.71. The third-order valence-corrected chi connectivity index (χ3v) is 2.38. The van der Waals surface area contributed by atoms with Gasteiger partial charge in [0.15, 0.2) is 12.1 Å². The molecular weight excluding hydrogens is 222 g/mol. The molecule has 0 aromatic carbocycles. The van der Waals surface area contributed by atoms with Crippen molar-refractivity contribution in [2.45, 2.75) is 25.7 Å². The van der Waals surface area contributed by atoms with Crippen molar-refractivity contribution in [1.29, 1.82) is 0 Å². The Kier molecular flexibility index (Phi) is 3.40. The van der Waals surface area contributed by atoms with Crippen LogP contribution in [0.4, 0.5) is 0 Å². The van der Waals surface area contributed by atoms with E-state index in [0.29, 0.717) is 30.9 Å². The van der Waals surface area contributed by atoms with Gasteiger partial charge in [-0.3, -0.25) is 4.79 Å². The van der Waals surface area contributed by atoms with E-state index in [1.54, 1.807) is 12.1 Å². The quantitative estimate of drug-likeness (QED) is 0.741. The molecule has 92 valence electrons. The molecule has 0 aliphatic carbocycles. The number of ether oxygens (including phenoxy) is 3. The Labute approximate surface area is 99.7 Å². The normalized spacial score (nSPS) is 22.4. The van der Waals surface area contributed by atoms with E-state index in [1.807, 2.05) is 13.8 Å². The van der Waals surface area contributed by atoms with Gasteiger partial charge in [-0.2, -0.15) is 0 Å². The second-order valence-electron chi connectivity index (χ2n) is 4.30. The van der Waals surface area contributed by atoms with E-state index in [2.05, 4.69) is 4.98 Å². The zero-order valence-corrected chi connectivity index (χ0v) is 9.88. The summed E-state index contributed by atoms with van der Waals surface area (Å²) in [4.78, 5) is 14.3. The molecule has 5 heteroatoms. The second-order valence-corrected chi connectivity index (χ2v) is 4.30. The number of hydrogen-bond donors (Lipinski definition) is 0. The van der Waals surface area contributed by atoms with Crippen LogP contribution in [-0.4, -0.2) is 36.4 Å². The summed E-state index contributed by atoms with van der Waals surface area (Å²) < 4.78 is 16.5. The third kappa shape index (κ3) is 3.25. The number of carbonyl (C=O) groups excluding carboxylic acids is 1. The summed E-state index contributed by atoms with van der Waals surface area (Å²) >= 11 is 0. The summed E-state index contributed by atoms with van der Waals surface area (Å²) in [5, 5.41) is 0. The first kappa shape index (κ1) is 12.0. The van der Waals surface area contributed by atoms with Gasteiger partial charge in [0.1, 0.15) is 24.2 Å². The van der Waals surface area contributed by atoms with Crippen LogP contribution in [0.15, 0.2) is 18.3 Å². The molecule has 0 N–H and O–H groups in total. The van der Waals surface area contributed by atoms with Crippen LogP contribution < -0.4 is 4.74 Å². The molecule has 1 aliphatic heterocycles. The van der Waals surface area contributed by atoms with E-state index < -0.39 is 5.79 Å². The third-order valence-electron chi connectivity index (χ3n) is 2.38. The maximum absolute atomic E-state index is 10.4. The number of rotatable bonds is 4. The Hall–Kier alpha value is -1.46. The molecule has 2 rings (SSSR count). The number of carbonyl (C=O) groups is 1. The number of pyridine rings is 1. The lowest BCUT2D eigenvalue weighted by atomic mass is 10.3. The molecule has 0 saturated carbocycles. The maximum Gasteiger partial charge on any atom is 0.168 e. The standard InChI is InChI=1S/C12H15NO4/c1-12(2)16-8-11(17-12)7-15-10-4-3-9(6-14)13-5-10/h3-6,11H,7-8H2,1-2H3. The van der Waals surface area contributed by atoms with Crippen molar-refractivity contribution in [3.63, 3.8) is 0 Å². The summed E-state index contributed by atoms with van der Waals surface area (Å²) in [6.45, 7) is 4.67. The van der Waals surface area contributed by atoms with Gasteiger partial charge in [0.2, 0.25) is 0 Å². The highest BCUT2D eigenvalue weighted by atomic mass is 16.7. The van der Waals surface area contributed by atoms with Crippen LogP contribution in [0, 0.1) is 0 Å². The van der Waals surface area contributed by atoms with Crippen LogP contribution in [-0.2, 0) is 9.47 Å². The fraction of sp³-hybridized carbons (Fsp3) is 0.500. The number of aldehydes is 1. The molecule has 1 atom stereocenters. The lowest BCUT2D eigenvalue weighted by Crippen LogP contribution is -2.25. The average molecular weight is 237 g/mol. The first-order valence-corrected chi connectivity index (χ1v) is 5.45. The van der Waals surface area contributed by atoms with Crippen LogP contribution in [0.1, 0.15) is 24.3 Å². The second kappa shape index (κ2) is 4.81. The lowest BCUT2D eigenvalue weighted by molar-refractivity contribution is -0.141. The predicted molar refractivity (Wildman–Crippen MR) is 60.0 cm³/mol. The van der Waals surface area contributed by atoms with Crippen LogP contribution in [0.3, 0.4) is 0 Å². The zero-order valence-electron chi connectivity index (χ0n) is 9.88. The molecule has 1 fully saturated rings. The molecule has 1 aromatic rings. The lowest BCUT2D eigenvalue weighted by Gasteiger charge is -2.17. The minimum atomic E-state index is -0.534. The van der Waals surface area contributed by atoms with Gasteiger partial charge in [-0.1, -0.05) is 0 Å². The Bertz CT molecular complexity index is 388. The van der Waals surface area contributed by atoms with E-state index in [0.717, 1.165) is 0 Å². The fourth-order valence-corrected chi connectivity index (χ4v) is 1.58. The van der Waals surface area contributed by atoms with Gasteiger partial charge in [-0.05, 0) is 26.0 Å². The van der Waals surface area contributed by atoms with Crippen molar-refractivity contribution in [3.8, 4) is 5.75 Å². The van der Waals surface area contributed by atoms with E-state index in [1.165, 1.54) is 6.20 Å². The van der Waals surface area contributed by atoms with E-state index in [4.69, 9.17) is 14.2 Å². The van der Waals surface area contributed by atoms with E-state index >= 15 is 0 Å². The minimum Gasteiger partial charge on any atom is -0.489 e. The fourth-order valence-electron chi connectivity index (χ4n) is 1.58. The number of aromatic nitrogens is 1. The van der Waals surface area contributed by atoms with Crippen molar-refractivity contribution in [3.05, 3.63) is 24.0 Å². The van der Waals surface area contributed by atoms with Crippen LogP contribution in [0.2, 0.25) is 0 Å². The van der Waals surface area contributed by atoms with Gasteiger partial charge < -0.3 is 14.2 Å². The molecule has 0 radical (unpaired) electrons. The van der Waals surface area contributed by atoms with Crippen molar-refractivity contribution in [2.75, 3.05) is 13.2 Å². The first-order valence-electron chi connectivity index (χ1n) is 5.45. The average Bonchev–Trinajstić information content (AvgIpc) is 2.67. The maximum atomic E-state index is 10.4. The largest absolute Gasteiger partial charge is 0.489 e. The first-order chi connectivity index (χ1) is 8.09. The topological polar surface area (TPSA) is 57.7 Å². The highest BCUT2D eigenvalue weighted by Crippen LogP contribution is 2.22. The summed E-state index contributed by atoms with van der Waals surface area (Å²) in [5.41, 5.74) is 0.388. The highest BCUT2D eigenvalue weighted by Gasteiger charge is 2.32. The molecule has 1 aliphatic rings.